The first kappa shape index (κ1) is 25.6. The Morgan fingerprint density at radius 1 is 1.00 bits per heavy atom. The lowest BCUT2D eigenvalue weighted by atomic mass is 10.1. The number of nitrogens with zero attached hydrogens (tertiary/aromatic N) is 2. The monoisotopic (exact) mass is 442 g/mol. The lowest BCUT2D eigenvalue weighted by Gasteiger charge is -2.33. The van der Waals surface area contributed by atoms with E-state index < -0.39 is 0 Å². The van der Waals surface area contributed by atoms with Gasteiger partial charge >= 0.3 is 6.09 Å². The molecular weight excluding hydrogens is 412 g/mol. The number of benzene rings is 1. The Morgan fingerprint density at radius 3 is 2.10 bits per heavy atom. The minimum absolute atomic E-state index is 0. The zero-order valence-corrected chi connectivity index (χ0v) is 18.8. The molecule has 1 saturated heterocycles. The highest BCUT2D eigenvalue weighted by Gasteiger charge is 2.21. The zero-order valence-electron chi connectivity index (χ0n) is 18.0. The molecule has 9 heteroatoms. The van der Waals surface area contributed by atoms with Gasteiger partial charge in [-0.25, -0.2) is 4.79 Å². The molecule has 0 aromatic heterocycles. The molecule has 0 atom stereocenters. The van der Waals surface area contributed by atoms with Crippen LogP contribution in [0.3, 0.4) is 0 Å². The lowest BCUT2D eigenvalue weighted by Crippen LogP contribution is -2.49. The summed E-state index contributed by atoms with van der Waals surface area (Å²) in [4.78, 5) is 27.9. The van der Waals surface area contributed by atoms with E-state index in [0.29, 0.717) is 49.9 Å². The van der Waals surface area contributed by atoms with Crippen LogP contribution in [0.4, 0.5) is 4.79 Å². The number of hydrogen-bond donors (Lipinski definition) is 0. The third-order valence-electron chi connectivity index (χ3n) is 4.72. The van der Waals surface area contributed by atoms with E-state index in [1.165, 1.54) is 0 Å². The molecule has 0 saturated carbocycles. The van der Waals surface area contributed by atoms with Gasteiger partial charge in [0.15, 0.2) is 17.3 Å². The van der Waals surface area contributed by atoms with Gasteiger partial charge in [-0.05, 0) is 30.7 Å². The number of hydrogen-bond acceptors (Lipinski definition) is 7. The SMILES string of the molecule is CCOC(=O)N1CCN(CCC(=O)C=Cc2cc(OC)c(OC)c(OC)c2)CC1.Cl. The van der Waals surface area contributed by atoms with Crippen LogP contribution in [0.2, 0.25) is 0 Å². The summed E-state index contributed by atoms with van der Waals surface area (Å²) < 4.78 is 21.0. The van der Waals surface area contributed by atoms with Gasteiger partial charge in [-0.2, -0.15) is 0 Å². The molecule has 1 aromatic carbocycles. The standard InChI is InChI=1S/C21H30N2O6.ClH/c1-5-29-21(25)23-12-10-22(11-13-23)9-8-17(24)7-6-16-14-18(26-2)20(28-4)19(15-16)27-3;/h6-7,14-15H,5,8-13H2,1-4H3;1H. The summed E-state index contributed by atoms with van der Waals surface area (Å²) in [5.41, 5.74) is 0.788. The molecule has 0 spiro atoms. The lowest BCUT2D eigenvalue weighted by molar-refractivity contribution is -0.115. The Bertz CT molecular complexity index is 707. The van der Waals surface area contributed by atoms with E-state index in [2.05, 4.69) is 4.90 Å². The fraction of sp³-hybridized carbons (Fsp3) is 0.524. The van der Waals surface area contributed by atoms with E-state index in [1.807, 2.05) is 0 Å². The van der Waals surface area contributed by atoms with Crippen molar-refractivity contribution in [2.45, 2.75) is 13.3 Å². The van der Waals surface area contributed by atoms with Crippen molar-refractivity contribution in [1.29, 1.82) is 0 Å². The van der Waals surface area contributed by atoms with Gasteiger partial charge in [0.1, 0.15) is 0 Å². The Labute approximate surface area is 184 Å². The average molecular weight is 443 g/mol. The van der Waals surface area contributed by atoms with E-state index in [0.717, 1.165) is 18.7 Å². The number of rotatable bonds is 9. The molecule has 0 aliphatic carbocycles. The summed E-state index contributed by atoms with van der Waals surface area (Å²) >= 11 is 0. The summed E-state index contributed by atoms with van der Waals surface area (Å²) in [6.07, 6.45) is 3.46. The second-order valence-corrected chi connectivity index (χ2v) is 6.54. The van der Waals surface area contributed by atoms with Crippen LogP contribution in [-0.4, -0.2) is 82.3 Å². The second kappa shape index (κ2) is 13.0. The molecule has 30 heavy (non-hydrogen) atoms. The third kappa shape index (κ3) is 7.11. The first-order valence-electron chi connectivity index (χ1n) is 9.67. The second-order valence-electron chi connectivity index (χ2n) is 6.54. The highest BCUT2D eigenvalue weighted by molar-refractivity contribution is 5.93. The molecule has 0 unspecified atom stereocenters. The maximum atomic E-state index is 12.3. The molecule has 1 fully saturated rings. The Balaban J connectivity index is 0.00000450. The number of methoxy groups -OCH3 is 3. The average Bonchev–Trinajstić information content (AvgIpc) is 2.75. The normalized spacial score (nSPS) is 14.2. The van der Waals surface area contributed by atoms with E-state index in [-0.39, 0.29) is 24.3 Å². The highest BCUT2D eigenvalue weighted by Crippen LogP contribution is 2.38. The molecule has 1 heterocycles. The largest absolute Gasteiger partial charge is 0.493 e. The van der Waals surface area contributed by atoms with Crippen molar-refractivity contribution in [3.8, 4) is 17.2 Å². The Kier molecular flexibility index (Phi) is 11.1. The van der Waals surface area contributed by atoms with Crippen LogP contribution in [0.15, 0.2) is 18.2 Å². The summed E-state index contributed by atoms with van der Waals surface area (Å²) in [5.74, 6) is 1.63. The van der Waals surface area contributed by atoms with Crippen molar-refractivity contribution in [3.63, 3.8) is 0 Å². The fourth-order valence-corrected chi connectivity index (χ4v) is 3.11. The molecule has 168 valence electrons. The van der Waals surface area contributed by atoms with Gasteiger partial charge < -0.3 is 23.8 Å². The van der Waals surface area contributed by atoms with Gasteiger partial charge in [0.25, 0.3) is 0 Å². The Morgan fingerprint density at radius 2 is 1.60 bits per heavy atom. The van der Waals surface area contributed by atoms with Crippen molar-refractivity contribution in [3.05, 3.63) is 23.8 Å². The predicted molar refractivity (Wildman–Crippen MR) is 117 cm³/mol. The van der Waals surface area contributed by atoms with Crippen molar-refractivity contribution >= 4 is 30.4 Å². The van der Waals surface area contributed by atoms with Crippen LogP contribution in [0.1, 0.15) is 18.9 Å². The molecule has 1 aliphatic heterocycles. The smallest absolute Gasteiger partial charge is 0.409 e. The van der Waals surface area contributed by atoms with E-state index in [4.69, 9.17) is 18.9 Å². The summed E-state index contributed by atoms with van der Waals surface area (Å²) in [6.45, 7) is 5.56. The zero-order chi connectivity index (χ0) is 21.2. The molecule has 0 radical (unpaired) electrons. The molecule has 0 bridgehead atoms. The van der Waals surface area contributed by atoms with Gasteiger partial charge in [0.2, 0.25) is 5.75 Å². The van der Waals surface area contributed by atoms with Crippen molar-refractivity contribution in [2.24, 2.45) is 0 Å². The van der Waals surface area contributed by atoms with E-state index >= 15 is 0 Å². The molecule has 2 rings (SSSR count). The molecule has 1 amide bonds. The van der Waals surface area contributed by atoms with Crippen LogP contribution < -0.4 is 14.2 Å². The number of allylic oxidation sites excluding steroid dienone is 1. The maximum absolute atomic E-state index is 12.3. The summed E-state index contributed by atoms with van der Waals surface area (Å²) in [7, 11) is 4.65. The number of ether oxygens (including phenoxy) is 4. The van der Waals surface area contributed by atoms with Crippen molar-refractivity contribution in [1.82, 2.24) is 9.80 Å². The van der Waals surface area contributed by atoms with Crippen LogP contribution >= 0.6 is 12.4 Å². The van der Waals surface area contributed by atoms with Gasteiger partial charge in [0, 0.05) is 39.1 Å². The third-order valence-corrected chi connectivity index (χ3v) is 4.72. The van der Waals surface area contributed by atoms with E-state index in [1.54, 1.807) is 57.4 Å². The van der Waals surface area contributed by atoms with Gasteiger partial charge in [0.05, 0.1) is 27.9 Å². The van der Waals surface area contributed by atoms with Gasteiger partial charge in [-0.1, -0.05) is 6.08 Å². The van der Waals surface area contributed by atoms with Crippen molar-refractivity contribution in [2.75, 3.05) is 60.7 Å². The number of piperazine rings is 1. The number of carbonyl (C=O) groups excluding carboxylic acids is 2. The van der Waals surface area contributed by atoms with Crippen molar-refractivity contribution < 1.29 is 28.5 Å². The first-order valence-corrected chi connectivity index (χ1v) is 9.67. The number of ketones is 1. The number of amides is 1. The molecule has 1 aliphatic rings. The summed E-state index contributed by atoms with van der Waals surface area (Å²) in [5, 5.41) is 0. The van der Waals surface area contributed by atoms with Crippen LogP contribution in [0, 0.1) is 0 Å². The summed E-state index contributed by atoms with van der Waals surface area (Å²) in [6, 6.07) is 3.58. The molecule has 8 nitrogen and oxygen atoms in total. The topological polar surface area (TPSA) is 77.5 Å². The van der Waals surface area contributed by atoms with Gasteiger partial charge in [-0.15, -0.1) is 12.4 Å². The van der Waals surface area contributed by atoms with Crippen LogP contribution in [0.25, 0.3) is 6.08 Å². The van der Waals surface area contributed by atoms with Gasteiger partial charge in [-0.3, -0.25) is 9.69 Å². The molecule has 0 N–H and O–H groups in total. The first-order chi connectivity index (χ1) is 14.0. The quantitative estimate of drug-likeness (QED) is 0.544. The number of carbonyl (C=O) groups is 2. The highest BCUT2D eigenvalue weighted by atomic mass is 35.5. The minimum atomic E-state index is -0.267. The van der Waals surface area contributed by atoms with E-state index in [9.17, 15) is 9.59 Å². The Hall–Kier alpha value is -2.45. The number of halogens is 1. The van der Waals surface area contributed by atoms with Crippen LogP contribution in [-0.2, 0) is 9.53 Å². The molecule has 1 aromatic rings. The molecular formula is C21H31ClN2O6. The maximum Gasteiger partial charge on any atom is 0.409 e. The minimum Gasteiger partial charge on any atom is -0.493 e. The fourth-order valence-electron chi connectivity index (χ4n) is 3.11. The predicted octanol–water partition coefficient (Wildman–Crippen LogP) is 2.88. The van der Waals surface area contributed by atoms with Crippen LogP contribution in [0.5, 0.6) is 17.2 Å².